The summed E-state index contributed by atoms with van der Waals surface area (Å²) in [5.74, 6) is 0.572. The highest BCUT2D eigenvalue weighted by molar-refractivity contribution is 5.77. The van der Waals surface area contributed by atoms with Gasteiger partial charge in [-0.2, -0.15) is 0 Å². The van der Waals surface area contributed by atoms with E-state index in [1.54, 1.807) is 24.3 Å². The lowest BCUT2D eigenvalue weighted by Crippen LogP contribution is -2.30. The summed E-state index contributed by atoms with van der Waals surface area (Å²) in [4.78, 5) is 11.6. The minimum atomic E-state index is -0.0850. The van der Waals surface area contributed by atoms with Gasteiger partial charge in [0.2, 0.25) is 0 Å². The zero-order valence-corrected chi connectivity index (χ0v) is 11.7. The maximum atomic E-state index is 11.6. The summed E-state index contributed by atoms with van der Waals surface area (Å²) in [6, 6.07) is 7.02. The van der Waals surface area contributed by atoms with E-state index in [1.807, 2.05) is 0 Å². The highest BCUT2D eigenvalue weighted by Gasteiger charge is 2.05. The van der Waals surface area contributed by atoms with Crippen molar-refractivity contribution in [1.29, 1.82) is 0 Å². The van der Waals surface area contributed by atoms with Gasteiger partial charge in [-0.1, -0.05) is 11.6 Å². The van der Waals surface area contributed by atoms with Gasteiger partial charge < -0.3 is 15.8 Å². The van der Waals surface area contributed by atoms with Crippen molar-refractivity contribution in [1.82, 2.24) is 5.32 Å². The molecule has 1 amide bonds. The highest BCUT2D eigenvalue weighted by atomic mass is 16.5. The monoisotopic (exact) mass is 274 g/mol. The summed E-state index contributed by atoms with van der Waals surface area (Å²) >= 11 is 0. The van der Waals surface area contributed by atoms with Gasteiger partial charge in [0.05, 0.1) is 0 Å². The van der Waals surface area contributed by atoms with Crippen LogP contribution in [0.1, 0.15) is 32.1 Å². The molecule has 3 N–H and O–H groups in total. The Morgan fingerprint density at radius 1 is 1.25 bits per heavy atom. The van der Waals surface area contributed by atoms with Crippen molar-refractivity contribution >= 4 is 11.6 Å². The SMILES string of the molecule is Nc1ccc(OCC(=O)NCCC2=CCCCC2)cc1. The maximum Gasteiger partial charge on any atom is 0.257 e. The molecule has 1 aromatic carbocycles. The number of carbonyl (C=O) groups excluding carboxylic acids is 1. The van der Waals surface area contributed by atoms with E-state index in [0.29, 0.717) is 18.0 Å². The zero-order chi connectivity index (χ0) is 14.2. The van der Waals surface area contributed by atoms with E-state index in [4.69, 9.17) is 10.5 Å². The Labute approximate surface area is 120 Å². The second-order valence-corrected chi connectivity index (χ2v) is 5.07. The van der Waals surface area contributed by atoms with Crippen molar-refractivity contribution in [2.75, 3.05) is 18.9 Å². The molecule has 4 heteroatoms. The lowest BCUT2D eigenvalue weighted by atomic mass is 9.97. The Kier molecular flexibility index (Phi) is 5.47. The number of amides is 1. The van der Waals surface area contributed by atoms with Crippen molar-refractivity contribution in [3.8, 4) is 5.75 Å². The molecule has 1 aliphatic carbocycles. The van der Waals surface area contributed by atoms with Gasteiger partial charge in [-0.25, -0.2) is 0 Å². The number of hydrogen-bond acceptors (Lipinski definition) is 3. The molecule has 0 unspecified atom stereocenters. The molecule has 0 atom stereocenters. The van der Waals surface area contributed by atoms with Crippen molar-refractivity contribution < 1.29 is 9.53 Å². The van der Waals surface area contributed by atoms with E-state index in [2.05, 4.69) is 11.4 Å². The van der Waals surface area contributed by atoms with Crippen LogP contribution in [0.15, 0.2) is 35.9 Å². The van der Waals surface area contributed by atoms with Gasteiger partial charge in [0.1, 0.15) is 5.75 Å². The van der Waals surface area contributed by atoms with Crippen LogP contribution >= 0.6 is 0 Å². The normalized spacial score (nSPS) is 14.5. The predicted molar refractivity (Wildman–Crippen MR) is 80.5 cm³/mol. The number of hydrogen-bond donors (Lipinski definition) is 2. The fourth-order valence-corrected chi connectivity index (χ4v) is 2.26. The average Bonchev–Trinajstić information content (AvgIpc) is 2.48. The molecule has 0 fully saturated rings. The van der Waals surface area contributed by atoms with Crippen molar-refractivity contribution in [3.63, 3.8) is 0 Å². The van der Waals surface area contributed by atoms with Crippen LogP contribution in [0.2, 0.25) is 0 Å². The number of nitrogen functional groups attached to an aromatic ring is 1. The van der Waals surface area contributed by atoms with Crippen molar-refractivity contribution in [3.05, 3.63) is 35.9 Å². The largest absolute Gasteiger partial charge is 0.484 e. The minimum absolute atomic E-state index is 0.0446. The number of anilines is 1. The van der Waals surface area contributed by atoms with E-state index in [0.717, 1.165) is 6.42 Å². The van der Waals surface area contributed by atoms with E-state index in [-0.39, 0.29) is 12.5 Å². The summed E-state index contributed by atoms with van der Waals surface area (Å²) < 4.78 is 5.38. The predicted octanol–water partition coefficient (Wildman–Crippen LogP) is 2.65. The minimum Gasteiger partial charge on any atom is -0.484 e. The van der Waals surface area contributed by atoms with Crippen LogP contribution in [0.25, 0.3) is 0 Å². The van der Waals surface area contributed by atoms with E-state index >= 15 is 0 Å². The number of nitrogens with two attached hydrogens (primary N) is 1. The molecule has 0 spiro atoms. The fourth-order valence-electron chi connectivity index (χ4n) is 2.26. The lowest BCUT2D eigenvalue weighted by molar-refractivity contribution is -0.123. The molecule has 2 rings (SSSR count). The molecule has 1 aliphatic rings. The van der Waals surface area contributed by atoms with E-state index in [1.165, 1.54) is 31.3 Å². The summed E-state index contributed by atoms with van der Waals surface area (Å²) in [5.41, 5.74) is 7.73. The van der Waals surface area contributed by atoms with Crippen LogP contribution in [0.3, 0.4) is 0 Å². The molecule has 0 aromatic heterocycles. The summed E-state index contributed by atoms with van der Waals surface area (Å²) in [6.45, 7) is 0.735. The third kappa shape index (κ3) is 4.96. The Bertz CT molecular complexity index is 466. The number of ether oxygens (including phenoxy) is 1. The molecule has 0 radical (unpaired) electrons. The summed E-state index contributed by atoms with van der Waals surface area (Å²) in [6.07, 6.45) is 8.20. The molecule has 108 valence electrons. The number of rotatable bonds is 6. The van der Waals surface area contributed by atoms with Crippen LogP contribution in [-0.2, 0) is 4.79 Å². The molecule has 0 heterocycles. The number of carbonyl (C=O) groups is 1. The third-order valence-corrected chi connectivity index (χ3v) is 3.40. The third-order valence-electron chi connectivity index (χ3n) is 3.40. The highest BCUT2D eigenvalue weighted by Crippen LogP contribution is 2.19. The van der Waals surface area contributed by atoms with Crippen molar-refractivity contribution in [2.45, 2.75) is 32.1 Å². The van der Waals surface area contributed by atoms with Crippen LogP contribution in [0, 0.1) is 0 Å². The number of benzene rings is 1. The van der Waals surface area contributed by atoms with Gasteiger partial charge in [0.15, 0.2) is 6.61 Å². The van der Waals surface area contributed by atoms with Crippen LogP contribution < -0.4 is 15.8 Å². The first kappa shape index (κ1) is 14.4. The first-order valence-corrected chi connectivity index (χ1v) is 7.17. The Hall–Kier alpha value is -1.97. The molecule has 0 aliphatic heterocycles. The maximum absolute atomic E-state index is 11.6. The lowest BCUT2D eigenvalue weighted by Gasteiger charge is -2.13. The van der Waals surface area contributed by atoms with Gasteiger partial charge in [0.25, 0.3) is 5.91 Å². The topological polar surface area (TPSA) is 64.3 Å². The Morgan fingerprint density at radius 2 is 2.05 bits per heavy atom. The summed E-state index contributed by atoms with van der Waals surface area (Å²) in [7, 11) is 0. The molecule has 4 nitrogen and oxygen atoms in total. The Balaban J connectivity index is 1.62. The second-order valence-electron chi connectivity index (χ2n) is 5.07. The van der Waals surface area contributed by atoms with Gasteiger partial charge >= 0.3 is 0 Å². The van der Waals surface area contributed by atoms with Crippen LogP contribution in [0.5, 0.6) is 5.75 Å². The van der Waals surface area contributed by atoms with Gasteiger partial charge in [-0.15, -0.1) is 0 Å². The van der Waals surface area contributed by atoms with Crippen LogP contribution in [0.4, 0.5) is 5.69 Å². The van der Waals surface area contributed by atoms with Crippen LogP contribution in [-0.4, -0.2) is 19.1 Å². The van der Waals surface area contributed by atoms with Gasteiger partial charge in [0, 0.05) is 12.2 Å². The first-order valence-electron chi connectivity index (χ1n) is 7.17. The first-order chi connectivity index (χ1) is 9.74. The van der Waals surface area contributed by atoms with Gasteiger partial charge in [-0.3, -0.25) is 4.79 Å². The molecular weight excluding hydrogens is 252 g/mol. The quantitative estimate of drug-likeness (QED) is 0.619. The fraction of sp³-hybridized carbons (Fsp3) is 0.438. The molecule has 0 saturated carbocycles. The molecule has 0 saturated heterocycles. The second kappa shape index (κ2) is 7.58. The summed E-state index contributed by atoms with van der Waals surface area (Å²) in [5, 5.41) is 2.88. The standard InChI is InChI=1S/C16H22N2O2/c17-14-6-8-15(9-7-14)20-12-16(19)18-11-10-13-4-2-1-3-5-13/h4,6-9H,1-3,5,10-12,17H2,(H,18,19). The van der Waals surface area contributed by atoms with Gasteiger partial charge in [-0.05, 0) is 56.4 Å². The molecule has 20 heavy (non-hydrogen) atoms. The van der Waals surface area contributed by atoms with Crippen molar-refractivity contribution in [2.24, 2.45) is 0 Å². The van der Waals surface area contributed by atoms with E-state index in [9.17, 15) is 4.79 Å². The molecule has 0 bridgehead atoms. The number of allylic oxidation sites excluding steroid dienone is 1. The Morgan fingerprint density at radius 3 is 2.75 bits per heavy atom. The zero-order valence-electron chi connectivity index (χ0n) is 11.7. The molecular formula is C16H22N2O2. The number of nitrogens with one attached hydrogen (secondary N) is 1. The van der Waals surface area contributed by atoms with E-state index < -0.39 is 0 Å². The average molecular weight is 274 g/mol. The molecule has 1 aromatic rings. The smallest absolute Gasteiger partial charge is 0.257 e.